The molecule has 0 saturated carbocycles. The third-order valence-corrected chi connectivity index (χ3v) is 2.05. The number of hydrogen-bond acceptors (Lipinski definition) is 3. The molecular formula is C11H20N2O3. The lowest BCUT2D eigenvalue weighted by molar-refractivity contribution is -0.127. The van der Waals surface area contributed by atoms with Crippen molar-refractivity contribution in [2.45, 2.75) is 45.8 Å². The average molecular weight is 228 g/mol. The monoisotopic (exact) mass is 228 g/mol. The summed E-state index contributed by atoms with van der Waals surface area (Å²) < 4.78 is 5.23. The molecule has 0 aromatic rings. The molecule has 0 bridgehead atoms. The first-order valence-corrected chi connectivity index (χ1v) is 5.38. The van der Waals surface area contributed by atoms with E-state index < -0.39 is 17.2 Å². The summed E-state index contributed by atoms with van der Waals surface area (Å²) in [6.45, 7) is 9.70. The molecule has 0 aromatic heterocycles. The van der Waals surface area contributed by atoms with E-state index in [1.54, 1.807) is 20.8 Å². The van der Waals surface area contributed by atoms with Crippen molar-refractivity contribution in [1.82, 2.24) is 10.2 Å². The SMILES string of the molecule is CC1(C)CN(C(=O)OC(C)(C)C)CC(=O)N1. The number of piperazine rings is 1. The molecular weight excluding hydrogens is 208 g/mol. The van der Waals surface area contributed by atoms with Crippen LogP contribution in [0.1, 0.15) is 34.6 Å². The average Bonchev–Trinajstić information content (AvgIpc) is 1.96. The van der Waals surface area contributed by atoms with Crippen LogP contribution >= 0.6 is 0 Å². The van der Waals surface area contributed by atoms with Crippen LogP contribution in [0.25, 0.3) is 0 Å². The van der Waals surface area contributed by atoms with Crippen molar-refractivity contribution < 1.29 is 14.3 Å². The highest BCUT2D eigenvalue weighted by Gasteiger charge is 2.34. The Kier molecular flexibility index (Phi) is 3.17. The van der Waals surface area contributed by atoms with E-state index in [2.05, 4.69) is 5.32 Å². The van der Waals surface area contributed by atoms with Gasteiger partial charge in [-0.25, -0.2) is 4.79 Å². The largest absolute Gasteiger partial charge is 0.444 e. The fourth-order valence-electron chi connectivity index (χ4n) is 1.62. The molecule has 1 fully saturated rings. The third-order valence-electron chi connectivity index (χ3n) is 2.05. The van der Waals surface area contributed by atoms with Gasteiger partial charge in [-0.05, 0) is 34.6 Å². The minimum atomic E-state index is -0.533. The first-order valence-electron chi connectivity index (χ1n) is 5.38. The zero-order valence-corrected chi connectivity index (χ0v) is 10.6. The van der Waals surface area contributed by atoms with Crippen molar-refractivity contribution in [3.8, 4) is 0 Å². The van der Waals surface area contributed by atoms with Gasteiger partial charge in [0.25, 0.3) is 0 Å². The highest BCUT2D eigenvalue weighted by Crippen LogP contribution is 2.15. The summed E-state index contributed by atoms with van der Waals surface area (Å²) in [6, 6.07) is 0. The minimum Gasteiger partial charge on any atom is -0.444 e. The molecule has 2 amide bonds. The van der Waals surface area contributed by atoms with Crippen molar-refractivity contribution >= 4 is 12.0 Å². The summed E-state index contributed by atoms with van der Waals surface area (Å²) in [4.78, 5) is 24.6. The van der Waals surface area contributed by atoms with Crippen LogP contribution in [0.15, 0.2) is 0 Å². The van der Waals surface area contributed by atoms with Crippen LogP contribution in [0.3, 0.4) is 0 Å². The molecule has 1 aliphatic heterocycles. The van der Waals surface area contributed by atoms with Crippen LogP contribution in [-0.4, -0.2) is 41.1 Å². The number of rotatable bonds is 0. The molecule has 0 atom stereocenters. The van der Waals surface area contributed by atoms with E-state index in [4.69, 9.17) is 4.74 Å². The summed E-state index contributed by atoms with van der Waals surface area (Å²) in [7, 11) is 0. The third kappa shape index (κ3) is 3.72. The molecule has 1 rings (SSSR count). The molecule has 0 aromatic carbocycles. The van der Waals surface area contributed by atoms with E-state index in [9.17, 15) is 9.59 Å². The Labute approximate surface area is 96.1 Å². The minimum absolute atomic E-state index is 0.0678. The molecule has 1 heterocycles. The topological polar surface area (TPSA) is 58.6 Å². The van der Waals surface area contributed by atoms with E-state index in [1.807, 2.05) is 13.8 Å². The van der Waals surface area contributed by atoms with Gasteiger partial charge in [-0.1, -0.05) is 0 Å². The predicted octanol–water partition coefficient (Wildman–Crippen LogP) is 1.13. The molecule has 0 spiro atoms. The van der Waals surface area contributed by atoms with Gasteiger partial charge in [0.15, 0.2) is 0 Å². The van der Waals surface area contributed by atoms with Crippen LogP contribution < -0.4 is 5.32 Å². The molecule has 1 saturated heterocycles. The normalized spacial score (nSPS) is 20.3. The summed E-state index contributed by atoms with van der Waals surface area (Å²) >= 11 is 0. The van der Waals surface area contributed by atoms with Crippen molar-refractivity contribution in [3.05, 3.63) is 0 Å². The van der Waals surface area contributed by atoms with Gasteiger partial charge >= 0.3 is 6.09 Å². The maximum atomic E-state index is 11.8. The molecule has 0 aliphatic carbocycles. The molecule has 1 N–H and O–H groups in total. The lowest BCUT2D eigenvalue weighted by atomic mass is 10.0. The maximum absolute atomic E-state index is 11.8. The van der Waals surface area contributed by atoms with Crippen LogP contribution in [0.4, 0.5) is 4.79 Å². The van der Waals surface area contributed by atoms with E-state index in [0.717, 1.165) is 0 Å². The Morgan fingerprint density at radius 2 is 2.00 bits per heavy atom. The molecule has 0 unspecified atom stereocenters. The molecule has 0 radical (unpaired) electrons. The van der Waals surface area contributed by atoms with Crippen LogP contribution in [0.2, 0.25) is 0 Å². The molecule has 1 aliphatic rings. The fraction of sp³-hybridized carbons (Fsp3) is 0.818. The first kappa shape index (κ1) is 12.8. The second kappa shape index (κ2) is 3.96. The lowest BCUT2D eigenvalue weighted by Gasteiger charge is -2.38. The van der Waals surface area contributed by atoms with Crippen LogP contribution in [0, 0.1) is 0 Å². The number of carbonyl (C=O) groups is 2. The predicted molar refractivity (Wildman–Crippen MR) is 60.0 cm³/mol. The Morgan fingerprint density at radius 3 is 2.44 bits per heavy atom. The van der Waals surface area contributed by atoms with Gasteiger partial charge in [0.05, 0.1) is 5.54 Å². The summed E-state index contributed by atoms with van der Waals surface area (Å²) in [5, 5.41) is 2.81. The van der Waals surface area contributed by atoms with Crippen molar-refractivity contribution in [2.24, 2.45) is 0 Å². The zero-order valence-electron chi connectivity index (χ0n) is 10.6. The number of carbonyl (C=O) groups excluding carboxylic acids is 2. The molecule has 16 heavy (non-hydrogen) atoms. The second-order valence-corrected chi connectivity index (χ2v) is 5.77. The number of amides is 2. The maximum Gasteiger partial charge on any atom is 0.410 e. The van der Waals surface area contributed by atoms with Crippen LogP contribution in [-0.2, 0) is 9.53 Å². The van der Waals surface area contributed by atoms with E-state index in [0.29, 0.717) is 6.54 Å². The number of ether oxygens (including phenoxy) is 1. The van der Waals surface area contributed by atoms with E-state index in [1.165, 1.54) is 4.90 Å². The summed E-state index contributed by atoms with van der Waals surface area (Å²) in [5.41, 5.74) is -0.929. The van der Waals surface area contributed by atoms with Crippen LogP contribution in [0.5, 0.6) is 0 Å². The van der Waals surface area contributed by atoms with Gasteiger partial charge in [-0.15, -0.1) is 0 Å². The van der Waals surface area contributed by atoms with Gasteiger partial charge in [0, 0.05) is 6.54 Å². The van der Waals surface area contributed by atoms with E-state index >= 15 is 0 Å². The fourth-order valence-corrected chi connectivity index (χ4v) is 1.62. The molecule has 5 nitrogen and oxygen atoms in total. The van der Waals surface area contributed by atoms with Crippen molar-refractivity contribution in [1.29, 1.82) is 0 Å². The first-order chi connectivity index (χ1) is 7.09. The second-order valence-electron chi connectivity index (χ2n) is 5.77. The van der Waals surface area contributed by atoms with E-state index in [-0.39, 0.29) is 12.5 Å². The summed E-state index contributed by atoms with van der Waals surface area (Å²) in [6.07, 6.45) is -0.435. The smallest absolute Gasteiger partial charge is 0.410 e. The molecule has 5 heteroatoms. The van der Waals surface area contributed by atoms with Crippen molar-refractivity contribution in [3.63, 3.8) is 0 Å². The number of nitrogens with one attached hydrogen (secondary N) is 1. The Bertz CT molecular complexity index is 305. The number of hydrogen-bond donors (Lipinski definition) is 1. The highest BCUT2D eigenvalue weighted by molar-refractivity contribution is 5.84. The highest BCUT2D eigenvalue weighted by atomic mass is 16.6. The van der Waals surface area contributed by atoms with Gasteiger partial charge in [-0.2, -0.15) is 0 Å². The van der Waals surface area contributed by atoms with Gasteiger partial charge in [0.2, 0.25) is 5.91 Å². The Hall–Kier alpha value is -1.26. The van der Waals surface area contributed by atoms with Gasteiger partial charge in [0.1, 0.15) is 12.1 Å². The Morgan fingerprint density at radius 1 is 1.44 bits per heavy atom. The Balaban J connectivity index is 2.66. The lowest BCUT2D eigenvalue weighted by Crippen LogP contribution is -2.61. The van der Waals surface area contributed by atoms with Gasteiger partial charge < -0.3 is 10.1 Å². The standard InChI is InChI=1S/C11H20N2O3/c1-10(2,3)16-9(15)13-6-8(14)12-11(4,5)7-13/h6-7H2,1-5H3,(H,12,14). The summed E-state index contributed by atoms with van der Waals surface area (Å²) in [5.74, 6) is -0.151. The number of nitrogens with zero attached hydrogens (tertiary/aromatic N) is 1. The quantitative estimate of drug-likeness (QED) is 0.676. The van der Waals surface area contributed by atoms with Crippen molar-refractivity contribution in [2.75, 3.05) is 13.1 Å². The zero-order chi connectivity index (χ0) is 12.6. The molecule has 92 valence electrons. The van der Waals surface area contributed by atoms with Gasteiger partial charge in [-0.3, -0.25) is 9.69 Å².